The van der Waals surface area contributed by atoms with E-state index >= 15 is 0 Å². The number of amides is 2. The lowest BCUT2D eigenvalue weighted by molar-refractivity contribution is -0.131. The number of aromatic nitrogens is 1. The topological polar surface area (TPSA) is 73.7 Å². The molecular formula is C16H23N3O3. The van der Waals surface area contributed by atoms with Crippen LogP contribution in [-0.4, -0.2) is 57.4 Å². The Morgan fingerprint density at radius 1 is 1.45 bits per heavy atom. The molecule has 1 aromatic rings. The van der Waals surface area contributed by atoms with Crippen molar-refractivity contribution in [2.24, 2.45) is 5.92 Å². The number of hydrogen-bond donors (Lipinski definition) is 1. The molecule has 1 fully saturated rings. The fraction of sp³-hybridized carbons (Fsp3) is 0.562. The highest BCUT2D eigenvalue weighted by Gasteiger charge is 2.36. The lowest BCUT2D eigenvalue weighted by atomic mass is 10.1. The standard InChI is InChI=1S/C16H23N3O3/c1-16(2,3)19-10-11(5-14(19)21)9-18(4)15(22)12-6-13(20)8-17-7-12/h6-8,11,20H,5,9-10H2,1-4H3/t11-/m1/s1. The molecule has 6 nitrogen and oxygen atoms in total. The molecule has 22 heavy (non-hydrogen) atoms. The largest absolute Gasteiger partial charge is 0.506 e. The van der Waals surface area contributed by atoms with Gasteiger partial charge in [0.1, 0.15) is 5.75 Å². The minimum absolute atomic E-state index is 0.0331. The van der Waals surface area contributed by atoms with Gasteiger partial charge in [0.2, 0.25) is 5.91 Å². The van der Waals surface area contributed by atoms with E-state index in [-0.39, 0.29) is 29.0 Å². The molecular weight excluding hydrogens is 282 g/mol. The average Bonchev–Trinajstić information content (AvgIpc) is 2.78. The van der Waals surface area contributed by atoms with Crippen molar-refractivity contribution in [1.29, 1.82) is 0 Å². The van der Waals surface area contributed by atoms with Gasteiger partial charge in [-0.2, -0.15) is 0 Å². The molecule has 2 rings (SSSR count). The first kappa shape index (κ1) is 16.3. The second-order valence-corrected chi connectivity index (χ2v) is 6.86. The van der Waals surface area contributed by atoms with E-state index in [1.165, 1.54) is 18.5 Å². The third-order valence-electron chi connectivity index (χ3n) is 3.86. The van der Waals surface area contributed by atoms with Crippen LogP contribution in [0.25, 0.3) is 0 Å². The quantitative estimate of drug-likeness (QED) is 0.918. The Kier molecular flexibility index (Phi) is 4.39. The van der Waals surface area contributed by atoms with Crippen molar-refractivity contribution in [3.63, 3.8) is 0 Å². The number of nitrogens with zero attached hydrogens (tertiary/aromatic N) is 3. The van der Waals surface area contributed by atoms with E-state index in [1.807, 2.05) is 25.7 Å². The van der Waals surface area contributed by atoms with Crippen LogP contribution in [0.3, 0.4) is 0 Å². The van der Waals surface area contributed by atoms with Gasteiger partial charge in [0, 0.05) is 44.2 Å². The van der Waals surface area contributed by atoms with Gasteiger partial charge in [-0.3, -0.25) is 14.6 Å². The van der Waals surface area contributed by atoms with E-state index in [9.17, 15) is 14.7 Å². The summed E-state index contributed by atoms with van der Waals surface area (Å²) in [6.07, 6.45) is 3.18. The third-order valence-corrected chi connectivity index (χ3v) is 3.86. The molecule has 1 saturated heterocycles. The molecule has 1 atom stereocenters. The maximum atomic E-state index is 12.3. The molecule has 1 aliphatic rings. The Labute approximate surface area is 130 Å². The van der Waals surface area contributed by atoms with Gasteiger partial charge in [0.05, 0.1) is 11.8 Å². The van der Waals surface area contributed by atoms with Crippen LogP contribution in [0.2, 0.25) is 0 Å². The van der Waals surface area contributed by atoms with Crippen LogP contribution >= 0.6 is 0 Å². The smallest absolute Gasteiger partial charge is 0.255 e. The zero-order valence-electron chi connectivity index (χ0n) is 13.5. The van der Waals surface area contributed by atoms with Gasteiger partial charge >= 0.3 is 0 Å². The van der Waals surface area contributed by atoms with Crippen LogP contribution in [-0.2, 0) is 4.79 Å². The van der Waals surface area contributed by atoms with Crippen molar-refractivity contribution in [3.05, 3.63) is 24.0 Å². The first-order valence-corrected chi connectivity index (χ1v) is 7.38. The number of hydrogen-bond acceptors (Lipinski definition) is 4. The number of rotatable bonds is 3. The number of aromatic hydroxyl groups is 1. The number of carbonyl (C=O) groups is 2. The summed E-state index contributed by atoms with van der Waals surface area (Å²) < 4.78 is 0. The molecule has 0 bridgehead atoms. The van der Waals surface area contributed by atoms with E-state index in [1.54, 1.807) is 11.9 Å². The SMILES string of the molecule is CN(C[C@H]1CC(=O)N(C(C)(C)C)C1)C(=O)c1cncc(O)c1. The lowest BCUT2D eigenvalue weighted by Crippen LogP contribution is -2.43. The summed E-state index contributed by atoms with van der Waals surface area (Å²) >= 11 is 0. The maximum Gasteiger partial charge on any atom is 0.255 e. The van der Waals surface area contributed by atoms with Crippen LogP contribution in [0.5, 0.6) is 5.75 Å². The Bertz CT molecular complexity index is 580. The second kappa shape index (κ2) is 5.94. The van der Waals surface area contributed by atoms with Crippen LogP contribution in [0.4, 0.5) is 0 Å². The van der Waals surface area contributed by atoms with Crippen LogP contribution < -0.4 is 0 Å². The van der Waals surface area contributed by atoms with E-state index in [0.717, 1.165) is 0 Å². The molecule has 6 heteroatoms. The van der Waals surface area contributed by atoms with E-state index in [4.69, 9.17) is 0 Å². The summed E-state index contributed by atoms with van der Waals surface area (Å²) in [6.45, 7) is 7.22. The lowest BCUT2D eigenvalue weighted by Gasteiger charge is -2.32. The summed E-state index contributed by atoms with van der Waals surface area (Å²) in [5, 5.41) is 9.40. The minimum atomic E-state index is -0.204. The summed E-state index contributed by atoms with van der Waals surface area (Å²) in [4.78, 5) is 31.7. The predicted molar refractivity (Wildman–Crippen MR) is 82.4 cm³/mol. The Hall–Kier alpha value is -2.11. The molecule has 0 saturated carbocycles. The number of likely N-dealkylation sites (tertiary alicyclic amines) is 1. The van der Waals surface area contributed by atoms with E-state index in [0.29, 0.717) is 25.1 Å². The number of carbonyl (C=O) groups excluding carboxylic acids is 2. The average molecular weight is 305 g/mol. The van der Waals surface area contributed by atoms with Crippen LogP contribution in [0, 0.1) is 5.92 Å². The first-order valence-electron chi connectivity index (χ1n) is 7.38. The highest BCUT2D eigenvalue weighted by molar-refractivity contribution is 5.94. The Morgan fingerprint density at radius 2 is 2.14 bits per heavy atom. The highest BCUT2D eigenvalue weighted by Crippen LogP contribution is 2.26. The number of pyridine rings is 1. The summed E-state index contributed by atoms with van der Waals surface area (Å²) in [5.74, 6) is 0.0302. The zero-order chi connectivity index (χ0) is 16.5. The van der Waals surface area contributed by atoms with Crippen molar-refractivity contribution in [2.45, 2.75) is 32.7 Å². The van der Waals surface area contributed by atoms with Gasteiger partial charge in [-0.15, -0.1) is 0 Å². The van der Waals surface area contributed by atoms with Crippen molar-refractivity contribution in [1.82, 2.24) is 14.8 Å². The normalized spacial score (nSPS) is 18.6. The molecule has 1 N–H and O–H groups in total. The van der Waals surface area contributed by atoms with Crippen LogP contribution in [0.1, 0.15) is 37.6 Å². The summed E-state index contributed by atoms with van der Waals surface area (Å²) in [5.41, 5.74) is 0.156. The van der Waals surface area contributed by atoms with Crippen LogP contribution in [0.15, 0.2) is 18.5 Å². The fourth-order valence-electron chi connectivity index (χ4n) is 2.79. The molecule has 2 amide bonds. The Balaban J connectivity index is 2.00. The van der Waals surface area contributed by atoms with E-state index < -0.39 is 0 Å². The molecule has 0 aliphatic carbocycles. The minimum Gasteiger partial charge on any atom is -0.506 e. The zero-order valence-corrected chi connectivity index (χ0v) is 13.5. The summed E-state index contributed by atoms with van der Waals surface area (Å²) in [7, 11) is 1.70. The monoisotopic (exact) mass is 305 g/mol. The second-order valence-electron chi connectivity index (χ2n) is 6.86. The molecule has 1 aliphatic heterocycles. The third kappa shape index (κ3) is 3.55. The van der Waals surface area contributed by atoms with Crippen molar-refractivity contribution in [2.75, 3.05) is 20.1 Å². The van der Waals surface area contributed by atoms with Crippen molar-refractivity contribution >= 4 is 11.8 Å². The molecule has 120 valence electrons. The molecule has 0 spiro atoms. The van der Waals surface area contributed by atoms with Gasteiger partial charge in [-0.1, -0.05) is 0 Å². The van der Waals surface area contributed by atoms with Crippen molar-refractivity contribution < 1.29 is 14.7 Å². The molecule has 0 aromatic carbocycles. The predicted octanol–water partition coefficient (Wildman–Crippen LogP) is 1.51. The van der Waals surface area contributed by atoms with Gasteiger partial charge in [0.15, 0.2) is 0 Å². The van der Waals surface area contributed by atoms with Gasteiger partial charge in [-0.05, 0) is 26.8 Å². The Morgan fingerprint density at radius 3 is 2.68 bits per heavy atom. The first-order chi connectivity index (χ1) is 10.2. The van der Waals surface area contributed by atoms with Crippen molar-refractivity contribution in [3.8, 4) is 5.75 Å². The van der Waals surface area contributed by atoms with Gasteiger partial charge in [-0.25, -0.2) is 0 Å². The highest BCUT2D eigenvalue weighted by atomic mass is 16.3. The molecule has 0 radical (unpaired) electrons. The van der Waals surface area contributed by atoms with Gasteiger partial charge in [0.25, 0.3) is 5.91 Å². The summed E-state index contributed by atoms with van der Waals surface area (Å²) in [6, 6.07) is 1.40. The van der Waals surface area contributed by atoms with Gasteiger partial charge < -0.3 is 14.9 Å². The molecule has 1 aromatic heterocycles. The van der Waals surface area contributed by atoms with E-state index in [2.05, 4.69) is 4.98 Å². The maximum absolute atomic E-state index is 12.3. The molecule has 2 heterocycles. The molecule has 0 unspecified atom stereocenters. The fourth-order valence-corrected chi connectivity index (χ4v) is 2.79.